The van der Waals surface area contributed by atoms with Gasteiger partial charge in [0.15, 0.2) is 11.6 Å². The van der Waals surface area contributed by atoms with Crippen molar-refractivity contribution >= 4 is 23.4 Å². The maximum Gasteiger partial charge on any atom is 0.335 e. The number of hydrogen-bond donors (Lipinski definition) is 2. The molecule has 1 aliphatic rings. The van der Waals surface area contributed by atoms with Gasteiger partial charge in [-0.15, -0.1) is 0 Å². The summed E-state index contributed by atoms with van der Waals surface area (Å²) in [6.45, 7) is 5.17. The van der Waals surface area contributed by atoms with Gasteiger partial charge in [0.1, 0.15) is 22.9 Å². The van der Waals surface area contributed by atoms with Gasteiger partial charge in [0.25, 0.3) is 11.5 Å². The number of urea groups is 1. The fourth-order valence-electron chi connectivity index (χ4n) is 4.40. The fourth-order valence-corrected chi connectivity index (χ4v) is 4.40. The minimum atomic E-state index is -0.925. The highest BCUT2D eigenvalue weighted by Gasteiger charge is 2.21. The molecule has 1 saturated heterocycles. The average Bonchev–Trinajstić information content (AvgIpc) is 3.00. The standard InChI is InChI=1S/C30H28F2N6O6/c1-18(2)37-17-23(28(40)38(30(37)42)21-6-3-19(31)4-7-21)27(39)34-20-5-8-25(24(32)15-20)44-22-9-10-33-26(16-22)35-29(41)36-11-13-43-14-12-36/h3-10,15-18H,11-14H2,1-2H3,(H,34,39)(H,33,35,41). The van der Waals surface area contributed by atoms with Crippen molar-refractivity contribution in [1.82, 2.24) is 19.0 Å². The summed E-state index contributed by atoms with van der Waals surface area (Å²) in [4.78, 5) is 57.6. The molecule has 0 unspecified atom stereocenters. The first-order valence-electron chi connectivity index (χ1n) is 13.6. The molecule has 0 spiro atoms. The highest BCUT2D eigenvalue weighted by atomic mass is 19.1. The molecule has 2 aromatic carbocycles. The van der Waals surface area contributed by atoms with Crippen molar-refractivity contribution in [2.24, 2.45) is 0 Å². The molecule has 0 atom stereocenters. The van der Waals surface area contributed by atoms with Crippen LogP contribution >= 0.6 is 0 Å². The molecule has 14 heteroatoms. The van der Waals surface area contributed by atoms with Crippen LogP contribution in [0.5, 0.6) is 11.5 Å². The average molecular weight is 607 g/mol. The van der Waals surface area contributed by atoms with E-state index in [0.29, 0.717) is 26.3 Å². The van der Waals surface area contributed by atoms with Crippen molar-refractivity contribution in [3.63, 3.8) is 0 Å². The summed E-state index contributed by atoms with van der Waals surface area (Å²) in [7, 11) is 0. The van der Waals surface area contributed by atoms with Crippen LogP contribution in [-0.2, 0) is 4.74 Å². The molecule has 12 nitrogen and oxygen atoms in total. The van der Waals surface area contributed by atoms with Gasteiger partial charge in [0.2, 0.25) is 0 Å². The molecule has 3 heterocycles. The number of morpholine rings is 1. The van der Waals surface area contributed by atoms with Crippen LogP contribution in [-0.4, -0.2) is 57.3 Å². The van der Waals surface area contributed by atoms with E-state index in [0.717, 1.165) is 29.0 Å². The van der Waals surface area contributed by atoms with Gasteiger partial charge in [-0.1, -0.05) is 0 Å². The van der Waals surface area contributed by atoms with E-state index in [2.05, 4.69) is 15.6 Å². The Balaban J connectivity index is 1.33. The number of amides is 3. The Hall–Kier alpha value is -5.37. The van der Waals surface area contributed by atoms with Crippen molar-refractivity contribution in [3.05, 3.63) is 105 Å². The normalized spacial score (nSPS) is 13.1. The molecule has 3 amide bonds. The molecule has 0 radical (unpaired) electrons. The lowest BCUT2D eigenvalue weighted by atomic mass is 10.2. The maximum atomic E-state index is 15.0. The zero-order chi connectivity index (χ0) is 31.4. The second-order valence-corrected chi connectivity index (χ2v) is 10.1. The third kappa shape index (κ3) is 6.65. The lowest BCUT2D eigenvalue weighted by Crippen LogP contribution is -2.43. The van der Waals surface area contributed by atoms with Crippen LogP contribution in [0.2, 0.25) is 0 Å². The Morgan fingerprint density at radius 1 is 0.977 bits per heavy atom. The zero-order valence-corrected chi connectivity index (χ0v) is 23.8. The Morgan fingerprint density at radius 3 is 2.39 bits per heavy atom. The van der Waals surface area contributed by atoms with E-state index in [9.17, 15) is 23.6 Å². The summed E-state index contributed by atoms with van der Waals surface area (Å²) in [5.74, 6) is -2.04. The topological polar surface area (TPSA) is 137 Å². The molecule has 228 valence electrons. The van der Waals surface area contributed by atoms with E-state index < -0.39 is 34.8 Å². The molecule has 0 aliphatic carbocycles. The van der Waals surface area contributed by atoms with E-state index in [1.54, 1.807) is 18.7 Å². The minimum Gasteiger partial charge on any atom is -0.454 e. The molecule has 0 saturated carbocycles. The van der Waals surface area contributed by atoms with Crippen molar-refractivity contribution in [2.45, 2.75) is 19.9 Å². The number of halogens is 2. The molecular weight excluding hydrogens is 578 g/mol. The third-order valence-electron chi connectivity index (χ3n) is 6.68. The largest absolute Gasteiger partial charge is 0.454 e. The van der Waals surface area contributed by atoms with Gasteiger partial charge in [0.05, 0.1) is 18.9 Å². The van der Waals surface area contributed by atoms with Gasteiger partial charge in [-0.3, -0.25) is 19.5 Å². The summed E-state index contributed by atoms with van der Waals surface area (Å²) in [5.41, 5.74) is -1.92. The van der Waals surface area contributed by atoms with Crippen molar-refractivity contribution in [2.75, 3.05) is 36.9 Å². The highest BCUT2D eigenvalue weighted by Crippen LogP contribution is 2.28. The van der Waals surface area contributed by atoms with E-state index >= 15 is 4.39 Å². The predicted molar refractivity (Wildman–Crippen MR) is 157 cm³/mol. The molecule has 44 heavy (non-hydrogen) atoms. The SMILES string of the molecule is CC(C)n1cc(C(=O)Nc2ccc(Oc3ccnc(NC(=O)N4CCOCC4)c3)c(F)c2)c(=O)n(-c2ccc(F)cc2)c1=O. The maximum absolute atomic E-state index is 15.0. The minimum absolute atomic E-state index is 0.0167. The molecule has 4 aromatic rings. The van der Waals surface area contributed by atoms with Crippen LogP contribution in [0.25, 0.3) is 5.69 Å². The number of pyridine rings is 1. The van der Waals surface area contributed by atoms with Crippen LogP contribution in [0.1, 0.15) is 30.2 Å². The zero-order valence-electron chi connectivity index (χ0n) is 23.8. The van der Waals surface area contributed by atoms with E-state index in [1.807, 2.05) is 0 Å². The molecule has 2 aromatic heterocycles. The summed E-state index contributed by atoms with van der Waals surface area (Å²) in [6, 6.07) is 10.5. The molecular formula is C30H28F2N6O6. The fraction of sp³-hybridized carbons (Fsp3) is 0.233. The van der Waals surface area contributed by atoms with Crippen molar-refractivity contribution < 1.29 is 27.8 Å². The van der Waals surface area contributed by atoms with Crippen molar-refractivity contribution in [3.8, 4) is 17.2 Å². The highest BCUT2D eigenvalue weighted by molar-refractivity contribution is 6.03. The lowest BCUT2D eigenvalue weighted by Gasteiger charge is -2.26. The number of carbonyl (C=O) groups is 2. The monoisotopic (exact) mass is 606 g/mol. The van der Waals surface area contributed by atoms with Crippen LogP contribution < -0.4 is 26.6 Å². The summed E-state index contributed by atoms with van der Waals surface area (Å²) in [5, 5.41) is 5.14. The first-order valence-corrected chi connectivity index (χ1v) is 13.6. The summed E-state index contributed by atoms with van der Waals surface area (Å²) < 4.78 is 41.4. The number of benzene rings is 2. The first kappa shape index (κ1) is 30.1. The summed E-state index contributed by atoms with van der Waals surface area (Å²) >= 11 is 0. The van der Waals surface area contributed by atoms with Gasteiger partial charge in [-0.05, 0) is 56.3 Å². The first-order chi connectivity index (χ1) is 21.1. The smallest absolute Gasteiger partial charge is 0.335 e. The van der Waals surface area contributed by atoms with Gasteiger partial charge >= 0.3 is 11.7 Å². The molecule has 0 bridgehead atoms. The third-order valence-corrected chi connectivity index (χ3v) is 6.68. The molecule has 1 fully saturated rings. The number of aromatic nitrogens is 3. The number of hydrogen-bond acceptors (Lipinski definition) is 7. The van der Waals surface area contributed by atoms with Gasteiger partial charge in [-0.2, -0.15) is 0 Å². The second kappa shape index (κ2) is 12.9. The Morgan fingerprint density at radius 2 is 1.70 bits per heavy atom. The number of nitrogens with one attached hydrogen (secondary N) is 2. The second-order valence-electron chi connectivity index (χ2n) is 10.1. The number of carbonyl (C=O) groups excluding carboxylic acids is 2. The Bertz CT molecular complexity index is 1820. The molecule has 2 N–H and O–H groups in total. The van der Waals surface area contributed by atoms with Crippen LogP contribution in [0.3, 0.4) is 0 Å². The van der Waals surface area contributed by atoms with Crippen LogP contribution in [0, 0.1) is 11.6 Å². The van der Waals surface area contributed by atoms with Gasteiger partial charge in [0, 0.05) is 49.3 Å². The van der Waals surface area contributed by atoms with E-state index in [4.69, 9.17) is 9.47 Å². The number of nitrogens with zero attached hydrogens (tertiary/aromatic N) is 4. The lowest BCUT2D eigenvalue weighted by molar-refractivity contribution is 0.0564. The van der Waals surface area contributed by atoms with E-state index in [-0.39, 0.29) is 40.3 Å². The Labute approximate surface area is 249 Å². The predicted octanol–water partition coefficient (Wildman–Crippen LogP) is 4.16. The Kier molecular flexibility index (Phi) is 8.81. The number of ether oxygens (including phenoxy) is 2. The molecule has 5 rings (SSSR count). The number of rotatable bonds is 7. The van der Waals surface area contributed by atoms with Crippen LogP contribution in [0.15, 0.2) is 76.6 Å². The van der Waals surface area contributed by atoms with Crippen LogP contribution in [0.4, 0.5) is 25.1 Å². The van der Waals surface area contributed by atoms with Gasteiger partial charge < -0.3 is 19.7 Å². The van der Waals surface area contributed by atoms with E-state index in [1.165, 1.54) is 47.2 Å². The van der Waals surface area contributed by atoms with Crippen molar-refractivity contribution in [1.29, 1.82) is 0 Å². The summed E-state index contributed by atoms with van der Waals surface area (Å²) in [6.07, 6.45) is 2.53. The number of anilines is 2. The quantitative estimate of drug-likeness (QED) is 0.322. The molecule has 1 aliphatic heterocycles. The van der Waals surface area contributed by atoms with Gasteiger partial charge in [-0.25, -0.2) is 27.9 Å².